The molecule has 1 saturated heterocycles. The number of rotatable bonds is 3. The molecule has 5 nitrogen and oxygen atoms in total. The molecule has 0 aromatic rings. The highest BCUT2D eigenvalue weighted by Gasteiger charge is 2.45. The first-order valence-electron chi connectivity index (χ1n) is 11.2. The van der Waals surface area contributed by atoms with E-state index in [9.17, 15) is 14.4 Å². The zero-order valence-electron chi connectivity index (χ0n) is 19.6. The number of esters is 2. The first kappa shape index (κ1) is 25.6. The lowest BCUT2D eigenvalue weighted by Gasteiger charge is -2.42. The Morgan fingerprint density at radius 2 is 1.66 bits per heavy atom. The Bertz CT molecular complexity index is 562. The lowest BCUT2D eigenvalue weighted by atomic mass is 9.62. The normalized spacial score (nSPS) is 24.0. The molecule has 2 fully saturated rings. The average Bonchev–Trinajstić information content (AvgIpc) is 2.65. The van der Waals surface area contributed by atoms with Crippen LogP contribution >= 0.6 is 0 Å². The number of carbonyl (C=O) groups is 3. The van der Waals surface area contributed by atoms with Gasteiger partial charge in [0.25, 0.3) is 0 Å². The second-order valence-corrected chi connectivity index (χ2v) is 10.0. The maximum Gasteiger partial charge on any atom is 0.311 e. The quantitative estimate of drug-likeness (QED) is 0.587. The van der Waals surface area contributed by atoms with Gasteiger partial charge in [0.05, 0.1) is 25.0 Å². The van der Waals surface area contributed by atoms with Gasteiger partial charge in [0.15, 0.2) is 0 Å². The number of hydrogen-bond donors (Lipinski definition) is 0. The maximum atomic E-state index is 11.7. The Morgan fingerprint density at radius 3 is 2.24 bits per heavy atom. The number of hydrogen-bond acceptors (Lipinski definition) is 5. The molecule has 0 spiro atoms. The standard InChI is InChI=1S/C13H20O3.C11H22O2/c14-11-5-3-1-2-4-6-12-10(9-11)7-8-16-13(12)15;1-8(2)10(3,4)11(5,6)9(12)13-7/h10,12H,1-9H2;8H,1-7H3. The van der Waals surface area contributed by atoms with Crippen LogP contribution in [0.3, 0.4) is 0 Å². The van der Waals surface area contributed by atoms with E-state index in [0.717, 1.165) is 38.5 Å². The van der Waals surface area contributed by atoms with Gasteiger partial charge in [-0.2, -0.15) is 0 Å². The van der Waals surface area contributed by atoms with Gasteiger partial charge in [-0.15, -0.1) is 0 Å². The minimum Gasteiger partial charge on any atom is -0.469 e. The zero-order chi connectivity index (χ0) is 22.2. The fraction of sp³-hybridized carbons (Fsp3) is 0.875. The van der Waals surface area contributed by atoms with Crippen molar-refractivity contribution in [2.24, 2.45) is 28.6 Å². The number of carbonyl (C=O) groups excluding carboxylic acids is 3. The van der Waals surface area contributed by atoms with Crippen molar-refractivity contribution in [3.8, 4) is 0 Å². The van der Waals surface area contributed by atoms with E-state index in [4.69, 9.17) is 9.47 Å². The molecule has 168 valence electrons. The molecule has 0 N–H and O–H groups in total. The van der Waals surface area contributed by atoms with Gasteiger partial charge in [0, 0.05) is 12.8 Å². The number of methoxy groups -OCH3 is 1. The van der Waals surface area contributed by atoms with Crippen LogP contribution in [-0.2, 0) is 23.9 Å². The Morgan fingerprint density at radius 1 is 1.03 bits per heavy atom. The first-order valence-corrected chi connectivity index (χ1v) is 11.2. The number of cyclic esters (lactones) is 1. The summed E-state index contributed by atoms with van der Waals surface area (Å²) in [4.78, 5) is 34.9. The van der Waals surface area contributed by atoms with Crippen LogP contribution in [0.25, 0.3) is 0 Å². The van der Waals surface area contributed by atoms with E-state index >= 15 is 0 Å². The largest absolute Gasteiger partial charge is 0.469 e. The monoisotopic (exact) mass is 410 g/mol. The van der Waals surface area contributed by atoms with Crippen LogP contribution in [0.2, 0.25) is 0 Å². The van der Waals surface area contributed by atoms with E-state index in [1.165, 1.54) is 7.11 Å². The van der Waals surface area contributed by atoms with Crippen molar-refractivity contribution in [1.82, 2.24) is 0 Å². The van der Waals surface area contributed by atoms with Crippen molar-refractivity contribution >= 4 is 17.7 Å². The molecule has 0 bridgehead atoms. The number of ketones is 1. The molecule has 5 heteroatoms. The number of ether oxygens (including phenoxy) is 2. The van der Waals surface area contributed by atoms with E-state index in [-0.39, 0.29) is 29.2 Å². The van der Waals surface area contributed by atoms with Crippen LogP contribution < -0.4 is 0 Å². The Kier molecular flexibility index (Phi) is 9.84. The van der Waals surface area contributed by atoms with Crippen LogP contribution in [0.5, 0.6) is 0 Å². The SMILES string of the molecule is COC(=O)C(C)(C)C(C)(C)C(C)C.O=C1CCCCCCC2C(=O)OCCC2C1. The minimum absolute atomic E-state index is 0.00389. The summed E-state index contributed by atoms with van der Waals surface area (Å²) in [7, 11) is 1.44. The average molecular weight is 411 g/mol. The minimum atomic E-state index is -0.435. The second-order valence-electron chi connectivity index (χ2n) is 10.0. The van der Waals surface area contributed by atoms with E-state index in [0.29, 0.717) is 31.1 Å². The predicted molar refractivity (Wildman–Crippen MR) is 114 cm³/mol. The van der Waals surface area contributed by atoms with Gasteiger partial charge < -0.3 is 9.47 Å². The van der Waals surface area contributed by atoms with E-state index < -0.39 is 5.41 Å². The predicted octanol–water partition coefficient (Wildman–Crippen LogP) is 5.35. The van der Waals surface area contributed by atoms with Crippen molar-refractivity contribution in [3.05, 3.63) is 0 Å². The third-order valence-electron chi connectivity index (χ3n) is 7.57. The third-order valence-corrected chi connectivity index (χ3v) is 7.57. The topological polar surface area (TPSA) is 69.7 Å². The van der Waals surface area contributed by atoms with Crippen LogP contribution in [-0.4, -0.2) is 31.4 Å². The van der Waals surface area contributed by atoms with Gasteiger partial charge in [-0.1, -0.05) is 47.0 Å². The molecular weight excluding hydrogens is 368 g/mol. The molecule has 1 aliphatic carbocycles. The van der Waals surface area contributed by atoms with Gasteiger partial charge in [-0.25, -0.2) is 0 Å². The molecule has 1 aliphatic heterocycles. The van der Waals surface area contributed by atoms with Crippen LogP contribution in [0.4, 0.5) is 0 Å². The fourth-order valence-electron chi connectivity index (χ4n) is 4.08. The van der Waals surface area contributed by atoms with Crippen molar-refractivity contribution in [1.29, 1.82) is 0 Å². The molecule has 1 heterocycles. The molecule has 2 rings (SSSR count). The Balaban J connectivity index is 0.000000298. The summed E-state index contributed by atoms with van der Waals surface area (Å²) in [5.41, 5.74) is -0.490. The summed E-state index contributed by atoms with van der Waals surface area (Å²) in [5.74, 6) is 0.840. The second kappa shape index (κ2) is 11.1. The molecule has 1 saturated carbocycles. The molecule has 0 aromatic heterocycles. The van der Waals surface area contributed by atoms with Crippen molar-refractivity contribution in [2.75, 3.05) is 13.7 Å². The van der Waals surface area contributed by atoms with Crippen LogP contribution in [0.1, 0.15) is 92.9 Å². The molecule has 2 atom stereocenters. The zero-order valence-corrected chi connectivity index (χ0v) is 19.6. The van der Waals surface area contributed by atoms with E-state index in [1.54, 1.807) is 0 Å². The van der Waals surface area contributed by atoms with Gasteiger partial charge in [0.2, 0.25) is 0 Å². The summed E-state index contributed by atoms with van der Waals surface area (Å²) < 4.78 is 9.91. The number of fused-ring (bicyclic) bond motifs is 1. The molecular formula is C24H42O5. The van der Waals surface area contributed by atoms with E-state index in [1.807, 2.05) is 13.8 Å². The highest BCUT2D eigenvalue weighted by atomic mass is 16.5. The van der Waals surface area contributed by atoms with Crippen molar-refractivity contribution in [3.63, 3.8) is 0 Å². The highest BCUT2D eigenvalue weighted by Crippen LogP contribution is 2.44. The summed E-state index contributed by atoms with van der Waals surface area (Å²) in [6, 6.07) is 0. The van der Waals surface area contributed by atoms with Gasteiger partial charge in [-0.3, -0.25) is 14.4 Å². The third kappa shape index (κ3) is 6.82. The van der Waals surface area contributed by atoms with Crippen molar-refractivity contribution in [2.45, 2.75) is 92.9 Å². The lowest BCUT2D eigenvalue weighted by Crippen LogP contribution is -2.43. The molecule has 0 radical (unpaired) electrons. The fourth-order valence-corrected chi connectivity index (χ4v) is 4.08. The lowest BCUT2D eigenvalue weighted by molar-refractivity contribution is -0.160. The van der Waals surface area contributed by atoms with Crippen LogP contribution in [0.15, 0.2) is 0 Å². The van der Waals surface area contributed by atoms with Gasteiger partial charge in [0.1, 0.15) is 5.78 Å². The molecule has 2 unspecified atom stereocenters. The summed E-state index contributed by atoms with van der Waals surface area (Å²) in [6.07, 6.45) is 7.49. The van der Waals surface area contributed by atoms with Gasteiger partial charge in [-0.05, 0) is 50.4 Å². The Labute approximate surface area is 177 Å². The molecule has 0 amide bonds. The smallest absolute Gasteiger partial charge is 0.311 e. The van der Waals surface area contributed by atoms with Crippen LogP contribution in [0, 0.1) is 28.6 Å². The molecule has 2 aliphatic rings. The van der Waals surface area contributed by atoms with Gasteiger partial charge >= 0.3 is 11.9 Å². The highest BCUT2D eigenvalue weighted by molar-refractivity contribution is 5.80. The van der Waals surface area contributed by atoms with E-state index in [2.05, 4.69) is 27.7 Å². The summed E-state index contributed by atoms with van der Waals surface area (Å²) in [6.45, 7) is 12.9. The number of Topliss-reactive ketones (excluding diaryl/α,β-unsaturated/α-hetero) is 1. The molecule has 29 heavy (non-hydrogen) atoms. The van der Waals surface area contributed by atoms with Crippen molar-refractivity contribution < 1.29 is 23.9 Å². The maximum absolute atomic E-state index is 11.7. The first-order chi connectivity index (χ1) is 13.4. The summed E-state index contributed by atoms with van der Waals surface area (Å²) in [5, 5.41) is 0. The Hall–Kier alpha value is -1.39. The molecule has 0 aromatic carbocycles. The summed E-state index contributed by atoms with van der Waals surface area (Å²) >= 11 is 0.